The monoisotopic (exact) mass is 536 g/mol. The van der Waals surface area contributed by atoms with Crippen molar-refractivity contribution in [2.45, 2.75) is 32.3 Å². The number of ether oxygens (including phenoxy) is 3. The number of aromatic nitrogens is 2. The standard InChI is InChI=1S/C27H35F3N4O4/c1-3-37-25-16-20(8-9-24(25)38-15-12-33-10-13-36-14-11-33)17-32(2)18-21(35)19-34-23-7-5-4-6-22(23)31-26(34)27(28,29)30/h4-9,16,21,35H,3,10-15,17-19H2,1-2H3. The number of morpholine rings is 1. The highest BCUT2D eigenvalue weighted by Crippen LogP contribution is 2.32. The molecule has 0 saturated carbocycles. The van der Waals surface area contributed by atoms with E-state index in [0.29, 0.717) is 36.8 Å². The van der Waals surface area contributed by atoms with Crippen molar-refractivity contribution < 1.29 is 32.5 Å². The Hall–Kier alpha value is -2.86. The third-order valence-corrected chi connectivity index (χ3v) is 6.35. The van der Waals surface area contributed by atoms with Gasteiger partial charge in [-0.25, -0.2) is 4.98 Å². The number of benzene rings is 2. The molecule has 1 aliphatic heterocycles. The molecule has 11 heteroatoms. The van der Waals surface area contributed by atoms with Crippen LogP contribution >= 0.6 is 0 Å². The summed E-state index contributed by atoms with van der Waals surface area (Å²) in [6.07, 6.45) is -5.65. The summed E-state index contributed by atoms with van der Waals surface area (Å²) in [6.45, 7) is 7.43. The second-order valence-electron chi connectivity index (χ2n) is 9.40. The molecule has 1 unspecified atom stereocenters. The summed E-state index contributed by atoms with van der Waals surface area (Å²) in [5.74, 6) is 0.296. The maximum Gasteiger partial charge on any atom is 0.449 e. The van der Waals surface area contributed by atoms with Gasteiger partial charge in [0.1, 0.15) is 6.61 Å². The van der Waals surface area contributed by atoms with E-state index in [4.69, 9.17) is 14.2 Å². The number of imidazole rings is 1. The van der Waals surface area contributed by atoms with Gasteiger partial charge in [0.2, 0.25) is 5.82 Å². The SMILES string of the molecule is CCOc1cc(CN(C)CC(O)Cn2c(C(F)(F)F)nc3ccccc32)ccc1OCCN1CCOCC1. The highest BCUT2D eigenvalue weighted by Gasteiger charge is 2.38. The van der Waals surface area contributed by atoms with E-state index in [-0.39, 0.29) is 18.6 Å². The Kier molecular flexibility index (Phi) is 9.48. The molecule has 1 atom stereocenters. The first kappa shape index (κ1) is 28.2. The topological polar surface area (TPSA) is 72.2 Å². The number of likely N-dealkylation sites (N-methyl/N-ethyl adjacent to an activating group) is 1. The Bertz CT molecular complexity index is 1180. The summed E-state index contributed by atoms with van der Waals surface area (Å²) in [5, 5.41) is 10.7. The minimum Gasteiger partial charge on any atom is -0.490 e. The van der Waals surface area contributed by atoms with Gasteiger partial charge in [-0.15, -0.1) is 0 Å². The van der Waals surface area contributed by atoms with Gasteiger partial charge in [-0.1, -0.05) is 18.2 Å². The first-order valence-corrected chi connectivity index (χ1v) is 12.8. The van der Waals surface area contributed by atoms with Gasteiger partial charge in [0.25, 0.3) is 0 Å². The summed E-state index contributed by atoms with van der Waals surface area (Å²) in [5.41, 5.74) is 1.52. The maximum atomic E-state index is 13.6. The lowest BCUT2D eigenvalue weighted by molar-refractivity contribution is -0.147. The van der Waals surface area contributed by atoms with Gasteiger partial charge < -0.3 is 23.9 Å². The van der Waals surface area contributed by atoms with Crippen LogP contribution in [0, 0.1) is 0 Å². The lowest BCUT2D eigenvalue weighted by Crippen LogP contribution is -2.38. The molecule has 38 heavy (non-hydrogen) atoms. The van der Waals surface area contributed by atoms with E-state index in [2.05, 4.69) is 9.88 Å². The van der Waals surface area contributed by atoms with Gasteiger partial charge in [-0.3, -0.25) is 9.80 Å². The molecule has 0 spiro atoms. The number of halogens is 3. The number of rotatable bonds is 12. The minimum absolute atomic E-state index is 0.172. The quantitative estimate of drug-likeness (QED) is 0.379. The predicted molar refractivity (Wildman–Crippen MR) is 137 cm³/mol. The van der Waals surface area contributed by atoms with E-state index in [1.807, 2.05) is 37.1 Å². The zero-order valence-electron chi connectivity index (χ0n) is 21.8. The molecule has 1 aromatic heterocycles. The second-order valence-corrected chi connectivity index (χ2v) is 9.40. The zero-order chi connectivity index (χ0) is 27.1. The van der Waals surface area contributed by atoms with Crippen LogP contribution in [-0.4, -0.2) is 90.2 Å². The van der Waals surface area contributed by atoms with Crippen molar-refractivity contribution in [1.29, 1.82) is 0 Å². The van der Waals surface area contributed by atoms with Crippen LogP contribution in [0.1, 0.15) is 18.3 Å². The Labute approximate surface area is 220 Å². The van der Waals surface area contributed by atoms with Crippen molar-refractivity contribution in [3.8, 4) is 11.5 Å². The molecule has 2 heterocycles. The number of aliphatic hydroxyl groups is 1. The van der Waals surface area contributed by atoms with Gasteiger partial charge in [0.05, 0.1) is 43.5 Å². The number of aliphatic hydroxyl groups excluding tert-OH is 1. The third kappa shape index (κ3) is 7.37. The Morgan fingerprint density at radius 1 is 1.11 bits per heavy atom. The van der Waals surface area contributed by atoms with E-state index < -0.39 is 18.1 Å². The molecule has 0 radical (unpaired) electrons. The van der Waals surface area contributed by atoms with Crippen molar-refractivity contribution in [3.05, 3.63) is 53.9 Å². The van der Waals surface area contributed by atoms with E-state index in [1.165, 1.54) is 6.07 Å². The Morgan fingerprint density at radius 2 is 1.87 bits per heavy atom. The highest BCUT2D eigenvalue weighted by molar-refractivity contribution is 5.76. The number of nitrogens with zero attached hydrogens (tertiary/aromatic N) is 4. The average Bonchev–Trinajstić information content (AvgIpc) is 3.25. The number of alkyl halides is 3. The van der Waals surface area contributed by atoms with Crippen molar-refractivity contribution in [2.75, 3.05) is 59.7 Å². The van der Waals surface area contributed by atoms with Gasteiger partial charge in [-0.05, 0) is 43.8 Å². The summed E-state index contributed by atoms with van der Waals surface area (Å²) in [7, 11) is 1.81. The van der Waals surface area contributed by atoms with Crippen molar-refractivity contribution in [2.24, 2.45) is 0 Å². The summed E-state index contributed by atoms with van der Waals surface area (Å²) < 4.78 is 59.0. The van der Waals surface area contributed by atoms with E-state index in [1.54, 1.807) is 18.2 Å². The minimum atomic E-state index is -4.62. The van der Waals surface area contributed by atoms with Crippen LogP contribution in [0.5, 0.6) is 11.5 Å². The molecule has 208 valence electrons. The smallest absolute Gasteiger partial charge is 0.449 e. The summed E-state index contributed by atoms with van der Waals surface area (Å²) in [6, 6.07) is 12.1. The molecule has 1 saturated heterocycles. The molecule has 1 N–H and O–H groups in total. The number of hydrogen-bond donors (Lipinski definition) is 1. The van der Waals surface area contributed by atoms with E-state index in [9.17, 15) is 18.3 Å². The molecule has 2 aromatic carbocycles. The molecule has 0 aliphatic carbocycles. The van der Waals surface area contributed by atoms with Crippen LogP contribution in [0.25, 0.3) is 11.0 Å². The second kappa shape index (κ2) is 12.8. The third-order valence-electron chi connectivity index (χ3n) is 6.35. The van der Waals surface area contributed by atoms with Crippen LogP contribution in [0.15, 0.2) is 42.5 Å². The lowest BCUT2D eigenvalue weighted by Gasteiger charge is -2.26. The lowest BCUT2D eigenvalue weighted by atomic mass is 10.2. The Balaban J connectivity index is 1.36. The first-order chi connectivity index (χ1) is 18.2. The highest BCUT2D eigenvalue weighted by atomic mass is 19.4. The van der Waals surface area contributed by atoms with Gasteiger partial charge in [-0.2, -0.15) is 13.2 Å². The fourth-order valence-corrected chi connectivity index (χ4v) is 4.63. The molecule has 1 aliphatic rings. The maximum absolute atomic E-state index is 13.6. The fourth-order valence-electron chi connectivity index (χ4n) is 4.63. The molecule has 1 fully saturated rings. The molecule has 0 bridgehead atoms. The summed E-state index contributed by atoms with van der Waals surface area (Å²) >= 11 is 0. The largest absolute Gasteiger partial charge is 0.490 e. The van der Waals surface area contributed by atoms with Gasteiger partial charge in [0.15, 0.2) is 11.5 Å². The van der Waals surface area contributed by atoms with Crippen molar-refractivity contribution in [3.63, 3.8) is 0 Å². The molecular formula is C27H35F3N4O4. The van der Waals surface area contributed by atoms with Crippen LogP contribution in [0.4, 0.5) is 13.2 Å². The van der Waals surface area contributed by atoms with Gasteiger partial charge >= 0.3 is 6.18 Å². The van der Waals surface area contributed by atoms with Crippen molar-refractivity contribution in [1.82, 2.24) is 19.4 Å². The fraction of sp³-hybridized carbons (Fsp3) is 0.519. The summed E-state index contributed by atoms with van der Waals surface area (Å²) in [4.78, 5) is 7.90. The van der Waals surface area contributed by atoms with Crippen molar-refractivity contribution >= 4 is 11.0 Å². The zero-order valence-corrected chi connectivity index (χ0v) is 21.8. The molecule has 8 nitrogen and oxygen atoms in total. The average molecular weight is 537 g/mol. The van der Waals surface area contributed by atoms with E-state index >= 15 is 0 Å². The molecular weight excluding hydrogens is 501 g/mol. The number of para-hydroxylation sites is 2. The van der Waals surface area contributed by atoms with Gasteiger partial charge in [0, 0.05) is 32.7 Å². The molecule has 3 aromatic rings. The van der Waals surface area contributed by atoms with Crippen LogP contribution in [0.3, 0.4) is 0 Å². The number of hydrogen-bond acceptors (Lipinski definition) is 7. The normalized spacial score (nSPS) is 15.8. The van der Waals surface area contributed by atoms with Crippen LogP contribution in [0.2, 0.25) is 0 Å². The van der Waals surface area contributed by atoms with Crippen LogP contribution in [-0.2, 0) is 24.0 Å². The Morgan fingerprint density at radius 3 is 2.61 bits per heavy atom. The van der Waals surface area contributed by atoms with Crippen LogP contribution < -0.4 is 9.47 Å². The number of fused-ring (bicyclic) bond motifs is 1. The molecule has 4 rings (SSSR count). The molecule has 0 amide bonds. The first-order valence-electron chi connectivity index (χ1n) is 12.8. The predicted octanol–water partition coefficient (Wildman–Crippen LogP) is 3.66. The van der Waals surface area contributed by atoms with E-state index in [0.717, 1.165) is 43.0 Å².